The van der Waals surface area contributed by atoms with Crippen molar-refractivity contribution in [3.8, 4) is 0 Å². The van der Waals surface area contributed by atoms with Crippen LogP contribution in [0.5, 0.6) is 0 Å². The van der Waals surface area contributed by atoms with Crippen molar-refractivity contribution >= 4 is 94.9 Å². The van der Waals surface area contributed by atoms with E-state index in [-0.39, 0.29) is 65.6 Å². The van der Waals surface area contributed by atoms with Crippen LogP contribution in [0.1, 0.15) is 110 Å². The number of nitrogens with one attached hydrogen (secondary N) is 4. The van der Waals surface area contributed by atoms with Gasteiger partial charge in [-0.1, -0.05) is 351 Å². The van der Waals surface area contributed by atoms with Crippen LogP contribution < -0.4 is 27.0 Å². The Kier molecular flexibility index (Phi) is 39.3. The van der Waals surface area contributed by atoms with E-state index < -0.39 is 0 Å². The van der Waals surface area contributed by atoms with Gasteiger partial charge < -0.3 is 42.9 Å². The molecule has 700 valence electrons. The number of hydrogen-bond donors (Lipinski definition) is 5. The Morgan fingerprint density at radius 1 is 0.333 bits per heavy atom. The minimum absolute atomic E-state index is 0. The number of aromatic nitrogens is 4. The van der Waals surface area contributed by atoms with Gasteiger partial charge in [-0.2, -0.15) is 0 Å². The zero-order chi connectivity index (χ0) is 90.7. The first-order valence-corrected chi connectivity index (χ1v) is 47.6. The van der Waals surface area contributed by atoms with E-state index in [0.29, 0.717) is 18.0 Å². The van der Waals surface area contributed by atoms with Crippen molar-refractivity contribution in [2.24, 2.45) is 5.73 Å². The fraction of sp³-hybridized carbons (Fsp3) is 0.259. The van der Waals surface area contributed by atoms with Gasteiger partial charge >= 0.3 is 0 Å². The molecule has 4 aliphatic rings. The third-order valence-electron chi connectivity index (χ3n) is 27.0. The number of carbonyl (C=O) groups is 2. The Hall–Kier alpha value is -12.2. The number of pyridine rings is 4. The van der Waals surface area contributed by atoms with Crippen molar-refractivity contribution in [2.45, 2.75) is 112 Å². The number of piperidine rings is 4. The van der Waals surface area contributed by atoms with Gasteiger partial charge in [0.15, 0.2) is 0 Å². The standard InChI is InChI=1S/C30H31N3O.C28H29N3.C21H23N3.C19H24N2.C9H6ClN.C9H9ClO.2H2O.Pd.H2/c34-28(16-15-24-9-3-1-4-10-24)33-21-18-30(19-22-33,26-12-5-2-6-13-26)23-32-29-27-14-8-7-11-25(27)17-20-31-29;1-3-9-23(10-4-1)21-31-19-16-28(17-20-31,25-12-5-2-6-13-25)22-30-27-26-14-8-7-11-24(26)15-18-29-27;1-2-7-18(8-3-1)21(11-14-22-15-12-21)16-24-20-19-9-5-4-6-17(19)10-13-23-20;20-16-19(18-9-5-2-6-10-18)11-13-21(14-12-19)15-17-7-3-1-4-8-17;10-9-8-4-2-1-3-7(8)5-6-11-9;10-9(11)7-6-8-4-2-1-3-5-8;;;;/h1-14,17,20H,15-16,18-19,21-23H2,(H,31,32);1-15,18H,16-17,19-22H2,(H,29,30);1-10,13,22H,11-12,14-16H2,(H,23,24);1-10H,11-16,20H2;1-6H;1-5H,6-7H2;2*1H2;;1H. The minimum Gasteiger partial charge on any atom is -0.412 e. The maximum absolute atomic E-state index is 12.9. The first-order chi connectivity index (χ1) is 64.9. The van der Waals surface area contributed by atoms with Crippen molar-refractivity contribution in [3.05, 3.63) is 438 Å². The summed E-state index contributed by atoms with van der Waals surface area (Å²) in [4.78, 5) is 48.4. The Labute approximate surface area is 821 Å². The van der Waals surface area contributed by atoms with Gasteiger partial charge in [0, 0.05) is 155 Å². The Morgan fingerprint density at radius 3 is 0.948 bits per heavy atom. The Morgan fingerprint density at radius 2 is 0.607 bits per heavy atom. The number of rotatable bonds is 24. The molecule has 20 rings (SSSR count). The van der Waals surface area contributed by atoms with Crippen LogP contribution in [-0.2, 0) is 77.6 Å². The van der Waals surface area contributed by atoms with E-state index in [2.05, 4.69) is 335 Å². The zero-order valence-electron chi connectivity index (χ0n) is 76.9. The predicted octanol–water partition coefficient (Wildman–Crippen LogP) is 22.7. The quantitative estimate of drug-likeness (QED) is 0.0215. The number of nitrogens with zero attached hydrogens (tertiary/aromatic N) is 7. The van der Waals surface area contributed by atoms with Crippen LogP contribution in [0.15, 0.2) is 389 Å². The van der Waals surface area contributed by atoms with Gasteiger partial charge in [-0.15, -0.1) is 0 Å². The summed E-state index contributed by atoms with van der Waals surface area (Å²) in [5.74, 6) is 3.16. The number of benzene rings is 12. The number of nitrogens with two attached hydrogens (primary N) is 1. The van der Waals surface area contributed by atoms with Crippen LogP contribution in [0.4, 0.5) is 17.5 Å². The van der Waals surface area contributed by atoms with E-state index in [1.165, 1.54) is 65.9 Å². The molecule has 0 saturated carbocycles. The van der Waals surface area contributed by atoms with Gasteiger partial charge in [-0.05, 0) is 205 Å². The van der Waals surface area contributed by atoms with E-state index in [9.17, 15) is 9.59 Å². The monoisotopic (exact) mass is 1930 g/mol. The Balaban J connectivity index is 0.000000162. The maximum Gasteiger partial charge on any atom is 0.222 e. The molecule has 4 fully saturated rings. The second-order valence-electron chi connectivity index (χ2n) is 35.3. The number of hydrogen-bond acceptors (Lipinski definition) is 13. The average molecular weight is 1930 g/mol. The summed E-state index contributed by atoms with van der Waals surface area (Å²) in [5, 5.41) is 24.2. The third kappa shape index (κ3) is 28.3. The second-order valence-corrected chi connectivity index (χ2v) is 36.1. The molecule has 19 heteroatoms. The van der Waals surface area contributed by atoms with Crippen LogP contribution in [0, 0.1) is 0 Å². The molecule has 0 aliphatic carbocycles. The largest absolute Gasteiger partial charge is 0.412 e. The van der Waals surface area contributed by atoms with Gasteiger partial charge in [0.05, 0.1) is 0 Å². The van der Waals surface area contributed by atoms with Crippen molar-refractivity contribution in [1.29, 1.82) is 0 Å². The molecular weight excluding hydrogens is 1800 g/mol. The molecule has 16 aromatic rings. The first kappa shape index (κ1) is 102. The third-order valence-corrected chi connectivity index (χ3v) is 27.5. The molecule has 135 heavy (non-hydrogen) atoms. The number of amides is 1. The molecule has 0 bridgehead atoms. The molecule has 0 atom stereocenters. The zero-order valence-corrected chi connectivity index (χ0v) is 80.0. The van der Waals surface area contributed by atoms with E-state index in [1.807, 2.05) is 104 Å². The van der Waals surface area contributed by atoms with E-state index in [4.69, 9.17) is 28.9 Å². The first-order valence-electron chi connectivity index (χ1n) is 46.8. The molecule has 8 heterocycles. The molecule has 16 nitrogen and oxygen atoms in total. The summed E-state index contributed by atoms with van der Waals surface area (Å²) in [6.07, 6.45) is 18.7. The molecule has 0 radical (unpaired) electrons. The molecule has 4 saturated heterocycles. The van der Waals surface area contributed by atoms with Crippen LogP contribution in [0.2, 0.25) is 5.15 Å². The van der Waals surface area contributed by atoms with Gasteiger partial charge in [-0.25, -0.2) is 19.9 Å². The van der Waals surface area contributed by atoms with Crippen LogP contribution in [0.25, 0.3) is 43.1 Å². The van der Waals surface area contributed by atoms with Crippen LogP contribution in [0.3, 0.4) is 0 Å². The van der Waals surface area contributed by atoms with E-state index in [0.717, 1.165) is 195 Å². The normalized spacial score (nSPS) is 15.1. The fourth-order valence-corrected chi connectivity index (χ4v) is 19.4. The second kappa shape index (κ2) is 52.1. The van der Waals surface area contributed by atoms with E-state index in [1.54, 1.807) is 6.20 Å². The van der Waals surface area contributed by atoms with Gasteiger partial charge in [-0.3, -0.25) is 19.4 Å². The summed E-state index contributed by atoms with van der Waals surface area (Å²) in [6, 6.07) is 127. The number of likely N-dealkylation sites (tertiary alicyclic amines) is 3. The number of halogens is 2. The van der Waals surface area contributed by atoms with Gasteiger partial charge in [0.1, 0.15) is 22.6 Å². The summed E-state index contributed by atoms with van der Waals surface area (Å²) in [6.45, 7) is 13.6. The van der Waals surface area contributed by atoms with Crippen molar-refractivity contribution in [2.75, 3.05) is 94.5 Å². The summed E-state index contributed by atoms with van der Waals surface area (Å²) >= 11 is 11.0. The van der Waals surface area contributed by atoms with Crippen molar-refractivity contribution in [1.82, 2.24) is 40.0 Å². The summed E-state index contributed by atoms with van der Waals surface area (Å²) in [5.41, 5.74) is 17.4. The predicted molar refractivity (Wildman–Crippen MR) is 559 cm³/mol. The average Bonchev–Trinajstić information content (AvgIpc) is 0.801. The maximum atomic E-state index is 12.9. The fourth-order valence-electron chi connectivity index (χ4n) is 19.1. The molecule has 1 amide bonds. The van der Waals surface area contributed by atoms with E-state index >= 15 is 0 Å². The number of anilines is 3. The molecule has 4 aromatic heterocycles. The number of aryl methyl sites for hydroxylation is 2. The summed E-state index contributed by atoms with van der Waals surface area (Å²) in [7, 11) is 0. The van der Waals surface area contributed by atoms with Crippen LogP contribution >= 0.6 is 23.2 Å². The number of fused-ring (bicyclic) bond motifs is 4. The molecular formula is C116H128Cl2N12O4Pd. The van der Waals surface area contributed by atoms with Gasteiger partial charge in [0.2, 0.25) is 11.1 Å². The molecule has 12 aromatic carbocycles. The van der Waals surface area contributed by atoms with Gasteiger partial charge in [0.25, 0.3) is 0 Å². The van der Waals surface area contributed by atoms with Crippen LogP contribution in [-0.4, -0.2) is 135 Å². The molecule has 0 unspecified atom stereocenters. The van der Waals surface area contributed by atoms with Crippen molar-refractivity contribution < 1.29 is 42.4 Å². The Bertz CT molecular complexity index is 6190. The SMILES string of the molecule is Clc1nccc2ccccc12.NCC1(c2ccccc2)CCN(Cc2ccccc2)CC1.O.O.O=C(CCc1ccccc1)N1CCC(CNc2nccc3ccccc23)(c2ccccc2)CC1.O=C(Cl)CCc1ccccc1.[HH].[Pd].c1ccc(C2(CNc3nccc4ccccc34)CCNCC2)cc1.c1ccc(CN2CCC(CNc3nccc4ccccc34)(c3ccccc3)CC2)cc1. The molecule has 4 aliphatic heterocycles. The summed E-state index contributed by atoms with van der Waals surface area (Å²) < 4.78 is 0. The number of carbonyl (C=O) groups excluding carboxylic acids is 2. The molecule has 10 N–H and O–H groups in total. The molecule has 0 spiro atoms. The smallest absolute Gasteiger partial charge is 0.222 e. The minimum atomic E-state index is -0.270. The van der Waals surface area contributed by atoms with Crippen molar-refractivity contribution in [3.63, 3.8) is 0 Å². The topological polar surface area (TPSA) is 233 Å².